The monoisotopic (exact) mass is 304 g/mol. The molecule has 0 bridgehead atoms. The van der Waals surface area contributed by atoms with Crippen molar-refractivity contribution < 1.29 is 4.79 Å². The van der Waals surface area contributed by atoms with Crippen LogP contribution in [0.25, 0.3) is 10.2 Å². The normalized spacial score (nSPS) is 10.9. The van der Waals surface area contributed by atoms with Gasteiger partial charge in [0.15, 0.2) is 5.13 Å². The Bertz CT molecular complexity index is 806. The van der Waals surface area contributed by atoms with Gasteiger partial charge in [0.05, 0.1) is 5.69 Å². The van der Waals surface area contributed by atoms with Gasteiger partial charge in [-0.25, -0.2) is 9.97 Å². The molecule has 5 nitrogen and oxygen atoms in total. The SMILES string of the molecule is Cc1ccc2c(N)c(C(=O)Nc3ncc(C)s3)sc2n1. The van der Waals surface area contributed by atoms with Crippen LogP contribution in [0.15, 0.2) is 18.3 Å². The second-order valence-electron chi connectivity index (χ2n) is 4.38. The summed E-state index contributed by atoms with van der Waals surface area (Å²) in [4.78, 5) is 23.1. The highest BCUT2D eigenvalue weighted by Crippen LogP contribution is 2.33. The Morgan fingerprint density at radius 2 is 2.10 bits per heavy atom. The Labute approximate surface area is 123 Å². The van der Waals surface area contributed by atoms with Crippen LogP contribution in [-0.4, -0.2) is 15.9 Å². The molecule has 7 heteroatoms. The number of thiophene rings is 1. The first-order chi connectivity index (χ1) is 9.54. The number of amides is 1. The number of carbonyl (C=O) groups is 1. The van der Waals surface area contributed by atoms with Gasteiger partial charge in [0.25, 0.3) is 5.91 Å². The topological polar surface area (TPSA) is 80.9 Å². The lowest BCUT2D eigenvalue weighted by atomic mass is 10.2. The number of nitrogens with zero attached hydrogens (tertiary/aromatic N) is 2. The van der Waals surface area contributed by atoms with E-state index in [4.69, 9.17) is 5.73 Å². The summed E-state index contributed by atoms with van der Waals surface area (Å²) in [5, 5.41) is 4.16. The number of nitrogens with one attached hydrogen (secondary N) is 1. The van der Waals surface area contributed by atoms with Crippen molar-refractivity contribution in [1.29, 1.82) is 0 Å². The highest BCUT2D eigenvalue weighted by Gasteiger charge is 2.18. The van der Waals surface area contributed by atoms with E-state index >= 15 is 0 Å². The molecule has 1 amide bonds. The lowest BCUT2D eigenvalue weighted by Crippen LogP contribution is -2.11. The molecular weight excluding hydrogens is 292 g/mol. The molecule has 3 aromatic heterocycles. The molecule has 3 N–H and O–H groups in total. The van der Waals surface area contributed by atoms with Crippen molar-refractivity contribution in [3.8, 4) is 0 Å². The minimum absolute atomic E-state index is 0.238. The smallest absolute Gasteiger partial charge is 0.269 e. The van der Waals surface area contributed by atoms with Gasteiger partial charge in [0.1, 0.15) is 9.71 Å². The number of nitrogens with two attached hydrogens (primary N) is 1. The summed E-state index contributed by atoms with van der Waals surface area (Å²) >= 11 is 2.73. The van der Waals surface area contributed by atoms with Gasteiger partial charge in [-0.3, -0.25) is 10.1 Å². The lowest BCUT2D eigenvalue weighted by molar-refractivity contribution is 0.103. The van der Waals surface area contributed by atoms with Crippen LogP contribution in [0.4, 0.5) is 10.8 Å². The van der Waals surface area contributed by atoms with E-state index in [9.17, 15) is 4.79 Å². The first-order valence-corrected chi connectivity index (χ1v) is 7.57. The number of nitrogen functional groups attached to an aromatic ring is 1. The first-order valence-electron chi connectivity index (χ1n) is 5.94. The number of anilines is 2. The zero-order valence-electron chi connectivity index (χ0n) is 10.9. The molecule has 3 rings (SSSR count). The Hall–Kier alpha value is -1.99. The average molecular weight is 304 g/mol. The Balaban J connectivity index is 1.97. The molecule has 0 saturated carbocycles. The molecule has 20 heavy (non-hydrogen) atoms. The van der Waals surface area contributed by atoms with Crippen molar-refractivity contribution >= 4 is 49.6 Å². The third kappa shape index (κ3) is 2.25. The maximum Gasteiger partial charge on any atom is 0.269 e. The first kappa shape index (κ1) is 13.0. The fourth-order valence-electron chi connectivity index (χ4n) is 1.82. The molecular formula is C13H12N4OS2. The van der Waals surface area contributed by atoms with Gasteiger partial charge >= 0.3 is 0 Å². The maximum atomic E-state index is 12.3. The predicted octanol–water partition coefficient (Wildman–Crippen LogP) is 3.20. The number of carbonyl (C=O) groups excluding carboxylic acids is 1. The number of aromatic nitrogens is 2. The summed E-state index contributed by atoms with van der Waals surface area (Å²) in [5.41, 5.74) is 7.42. The summed E-state index contributed by atoms with van der Waals surface area (Å²) in [5.74, 6) is -0.238. The minimum Gasteiger partial charge on any atom is -0.397 e. The third-order valence-electron chi connectivity index (χ3n) is 2.78. The van der Waals surface area contributed by atoms with Crippen LogP contribution in [0.2, 0.25) is 0 Å². The van der Waals surface area contributed by atoms with E-state index in [0.29, 0.717) is 15.7 Å². The molecule has 0 radical (unpaired) electrons. The van der Waals surface area contributed by atoms with E-state index in [2.05, 4.69) is 15.3 Å². The lowest BCUT2D eigenvalue weighted by Gasteiger charge is -1.99. The second-order valence-corrected chi connectivity index (χ2v) is 6.61. The van der Waals surface area contributed by atoms with E-state index in [0.717, 1.165) is 20.8 Å². The summed E-state index contributed by atoms with van der Waals surface area (Å²) in [6.45, 7) is 3.85. The van der Waals surface area contributed by atoms with Crippen LogP contribution in [0.1, 0.15) is 20.2 Å². The van der Waals surface area contributed by atoms with Crippen molar-refractivity contribution in [3.63, 3.8) is 0 Å². The van der Waals surface area contributed by atoms with Gasteiger partial charge in [-0.2, -0.15) is 0 Å². The highest BCUT2D eigenvalue weighted by molar-refractivity contribution is 7.21. The Morgan fingerprint density at radius 1 is 1.30 bits per heavy atom. The largest absolute Gasteiger partial charge is 0.397 e. The van der Waals surface area contributed by atoms with Crippen LogP contribution in [0.5, 0.6) is 0 Å². The molecule has 3 aromatic rings. The van der Waals surface area contributed by atoms with E-state index < -0.39 is 0 Å². The minimum atomic E-state index is -0.238. The molecule has 0 aliphatic heterocycles. The third-order valence-corrected chi connectivity index (χ3v) is 4.72. The zero-order chi connectivity index (χ0) is 14.3. The average Bonchev–Trinajstić information content (AvgIpc) is 2.94. The Kier molecular flexibility index (Phi) is 3.15. The number of aryl methyl sites for hydroxylation is 2. The molecule has 0 spiro atoms. The molecule has 102 valence electrons. The number of rotatable bonds is 2. The number of pyridine rings is 1. The fraction of sp³-hybridized carbons (Fsp3) is 0.154. The molecule has 0 fully saturated rings. The summed E-state index contributed by atoms with van der Waals surface area (Å²) in [7, 11) is 0. The van der Waals surface area contributed by atoms with Crippen LogP contribution >= 0.6 is 22.7 Å². The van der Waals surface area contributed by atoms with Gasteiger partial charge in [-0.15, -0.1) is 22.7 Å². The van der Waals surface area contributed by atoms with E-state index in [-0.39, 0.29) is 5.91 Å². The van der Waals surface area contributed by atoms with Crippen LogP contribution in [0.3, 0.4) is 0 Å². The van der Waals surface area contributed by atoms with Crippen LogP contribution in [-0.2, 0) is 0 Å². The molecule has 0 aromatic carbocycles. The van der Waals surface area contributed by atoms with E-state index in [1.807, 2.05) is 26.0 Å². The highest BCUT2D eigenvalue weighted by atomic mass is 32.1. The van der Waals surface area contributed by atoms with Crippen molar-refractivity contribution in [1.82, 2.24) is 9.97 Å². The maximum absolute atomic E-state index is 12.3. The molecule has 0 atom stereocenters. The van der Waals surface area contributed by atoms with Crippen molar-refractivity contribution in [2.45, 2.75) is 13.8 Å². The van der Waals surface area contributed by atoms with E-state index in [1.54, 1.807) is 6.20 Å². The van der Waals surface area contributed by atoms with Gasteiger partial charge < -0.3 is 5.73 Å². The fourth-order valence-corrected chi connectivity index (χ4v) is 3.52. The van der Waals surface area contributed by atoms with Crippen LogP contribution in [0, 0.1) is 13.8 Å². The Morgan fingerprint density at radius 3 is 2.80 bits per heavy atom. The van der Waals surface area contributed by atoms with Crippen molar-refractivity contribution in [2.24, 2.45) is 0 Å². The van der Waals surface area contributed by atoms with Gasteiger partial charge in [-0.05, 0) is 26.0 Å². The van der Waals surface area contributed by atoms with Crippen molar-refractivity contribution in [2.75, 3.05) is 11.1 Å². The summed E-state index contributed by atoms with van der Waals surface area (Å²) in [6.07, 6.45) is 1.72. The molecule has 0 aliphatic carbocycles. The van der Waals surface area contributed by atoms with E-state index in [1.165, 1.54) is 22.7 Å². The number of hydrogen-bond acceptors (Lipinski definition) is 6. The number of fused-ring (bicyclic) bond motifs is 1. The zero-order valence-corrected chi connectivity index (χ0v) is 12.6. The number of hydrogen-bond donors (Lipinski definition) is 2. The quantitative estimate of drug-likeness (QED) is 0.762. The number of thiazole rings is 1. The molecule has 0 saturated heterocycles. The molecule has 0 aliphatic rings. The second kappa shape index (κ2) is 4.84. The van der Waals surface area contributed by atoms with Gasteiger partial charge in [0.2, 0.25) is 0 Å². The van der Waals surface area contributed by atoms with Gasteiger partial charge in [0, 0.05) is 22.2 Å². The van der Waals surface area contributed by atoms with Crippen LogP contribution < -0.4 is 11.1 Å². The molecule has 3 heterocycles. The summed E-state index contributed by atoms with van der Waals surface area (Å²) in [6, 6.07) is 3.78. The molecule has 0 unspecified atom stereocenters. The van der Waals surface area contributed by atoms with Crippen molar-refractivity contribution in [3.05, 3.63) is 33.8 Å². The summed E-state index contributed by atoms with van der Waals surface area (Å²) < 4.78 is 0. The predicted molar refractivity (Wildman–Crippen MR) is 83.6 cm³/mol. The van der Waals surface area contributed by atoms with Gasteiger partial charge in [-0.1, -0.05) is 0 Å². The standard InChI is InChI=1S/C13H12N4OS2/c1-6-3-4-8-9(14)10(20-12(8)16-6)11(18)17-13-15-5-7(2)19-13/h3-5H,14H2,1-2H3,(H,15,17,18).